The normalized spacial score (nSPS) is 17.8. The SMILES string of the molecule is Cc1cccn2c(=O)c(C(=O)NCCCN3CCCCC3C)c(OC(C)(C)C)nc12. The van der Waals surface area contributed by atoms with Crippen molar-refractivity contribution in [2.75, 3.05) is 19.6 Å². The van der Waals surface area contributed by atoms with Crippen LogP contribution in [-0.2, 0) is 0 Å². The lowest BCUT2D eigenvalue weighted by Gasteiger charge is -2.33. The van der Waals surface area contributed by atoms with E-state index in [0.717, 1.165) is 25.1 Å². The molecule has 3 heterocycles. The third kappa shape index (κ3) is 5.19. The van der Waals surface area contributed by atoms with Gasteiger partial charge >= 0.3 is 0 Å². The summed E-state index contributed by atoms with van der Waals surface area (Å²) in [4.78, 5) is 33.1. The summed E-state index contributed by atoms with van der Waals surface area (Å²) in [7, 11) is 0. The number of ether oxygens (including phenoxy) is 1. The zero-order valence-corrected chi connectivity index (χ0v) is 18.8. The number of amides is 1. The lowest BCUT2D eigenvalue weighted by molar-refractivity contribution is 0.0919. The van der Waals surface area contributed by atoms with Gasteiger partial charge in [0.2, 0.25) is 5.88 Å². The first kappa shape index (κ1) is 22.3. The number of piperidine rings is 1. The van der Waals surface area contributed by atoms with Crippen molar-refractivity contribution in [2.45, 2.75) is 71.9 Å². The van der Waals surface area contributed by atoms with Crippen LogP contribution in [0.15, 0.2) is 23.1 Å². The standard InChI is InChI=1S/C23H34N4O3/c1-16-10-8-15-27-19(16)25-21(30-23(3,4)5)18(22(27)29)20(28)24-12-9-14-26-13-7-6-11-17(26)2/h8,10,15,17H,6-7,9,11-14H2,1-5H3,(H,24,28). The van der Waals surface area contributed by atoms with Crippen molar-refractivity contribution >= 4 is 11.6 Å². The molecule has 0 radical (unpaired) electrons. The molecule has 30 heavy (non-hydrogen) atoms. The Morgan fingerprint density at radius 3 is 2.80 bits per heavy atom. The maximum Gasteiger partial charge on any atom is 0.274 e. The smallest absolute Gasteiger partial charge is 0.274 e. The zero-order chi connectivity index (χ0) is 21.9. The van der Waals surface area contributed by atoms with Gasteiger partial charge in [-0.3, -0.25) is 14.0 Å². The maximum atomic E-state index is 13.1. The van der Waals surface area contributed by atoms with Gasteiger partial charge in [-0.15, -0.1) is 0 Å². The Bertz CT molecular complexity index is 961. The van der Waals surface area contributed by atoms with Gasteiger partial charge in [0.1, 0.15) is 11.2 Å². The predicted octanol–water partition coefficient (Wildman–Crippen LogP) is 3.17. The summed E-state index contributed by atoms with van der Waals surface area (Å²) >= 11 is 0. The Balaban J connectivity index is 1.79. The predicted molar refractivity (Wildman–Crippen MR) is 118 cm³/mol. The summed E-state index contributed by atoms with van der Waals surface area (Å²) in [6.07, 6.45) is 6.24. The molecule has 0 bridgehead atoms. The average molecular weight is 415 g/mol. The van der Waals surface area contributed by atoms with Crippen LogP contribution in [0.3, 0.4) is 0 Å². The fourth-order valence-corrected chi connectivity index (χ4v) is 3.90. The maximum absolute atomic E-state index is 13.1. The molecular weight excluding hydrogens is 380 g/mol. The van der Waals surface area contributed by atoms with E-state index in [1.54, 1.807) is 12.3 Å². The van der Waals surface area contributed by atoms with Gasteiger partial charge in [-0.2, -0.15) is 4.98 Å². The quantitative estimate of drug-likeness (QED) is 0.735. The lowest BCUT2D eigenvalue weighted by atomic mass is 10.0. The van der Waals surface area contributed by atoms with Crippen molar-refractivity contribution in [3.63, 3.8) is 0 Å². The topological polar surface area (TPSA) is 75.9 Å². The lowest BCUT2D eigenvalue weighted by Crippen LogP contribution is -2.40. The first-order valence-corrected chi connectivity index (χ1v) is 10.9. The average Bonchev–Trinajstić information content (AvgIpc) is 2.66. The highest BCUT2D eigenvalue weighted by Gasteiger charge is 2.25. The Labute approximate surface area is 178 Å². The van der Waals surface area contributed by atoms with E-state index in [1.807, 2.05) is 33.8 Å². The van der Waals surface area contributed by atoms with Gasteiger partial charge < -0.3 is 15.0 Å². The second-order valence-electron chi connectivity index (χ2n) is 9.19. The highest BCUT2D eigenvalue weighted by molar-refractivity contribution is 5.96. The molecule has 7 heteroatoms. The molecular formula is C23H34N4O3. The molecule has 1 saturated heterocycles. The molecule has 2 aromatic rings. The number of aryl methyl sites for hydroxylation is 1. The minimum absolute atomic E-state index is 0.0423. The van der Waals surface area contributed by atoms with Crippen molar-refractivity contribution in [1.82, 2.24) is 19.6 Å². The van der Waals surface area contributed by atoms with E-state index in [1.165, 1.54) is 23.7 Å². The van der Waals surface area contributed by atoms with Gasteiger partial charge in [-0.1, -0.05) is 12.5 Å². The summed E-state index contributed by atoms with van der Waals surface area (Å²) in [5.41, 5.74) is 0.303. The van der Waals surface area contributed by atoms with Gasteiger partial charge in [0.25, 0.3) is 11.5 Å². The van der Waals surface area contributed by atoms with E-state index in [2.05, 4.69) is 22.1 Å². The monoisotopic (exact) mass is 414 g/mol. The Morgan fingerprint density at radius 1 is 1.33 bits per heavy atom. The number of carbonyl (C=O) groups is 1. The van der Waals surface area contributed by atoms with E-state index < -0.39 is 17.1 Å². The van der Waals surface area contributed by atoms with Gasteiger partial charge in [0.05, 0.1) is 0 Å². The molecule has 1 fully saturated rings. The first-order chi connectivity index (χ1) is 14.2. The fraction of sp³-hybridized carbons (Fsp3) is 0.609. The van der Waals surface area contributed by atoms with Crippen LogP contribution in [0.1, 0.15) is 69.3 Å². The van der Waals surface area contributed by atoms with Gasteiger partial charge in [0.15, 0.2) is 5.56 Å². The van der Waals surface area contributed by atoms with Gasteiger partial charge in [0, 0.05) is 25.3 Å². The molecule has 1 N–H and O–H groups in total. The molecule has 164 valence electrons. The molecule has 0 aromatic carbocycles. The summed E-state index contributed by atoms with van der Waals surface area (Å²) in [5.74, 6) is -0.349. The Hall–Kier alpha value is -2.41. The number of hydrogen-bond acceptors (Lipinski definition) is 5. The Morgan fingerprint density at radius 2 is 2.10 bits per heavy atom. The van der Waals surface area contributed by atoms with Crippen molar-refractivity contribution in [3.05, 3.63) is 39.8 Å². The first-order valence-electron chi connectivity index (χ1n) is 10.9. The number of hydrogen-bond donors (Lipinski definition) is 1. The number of nitrogens with zero attached hydrogens (tertiary/aromatic N) is 3. The number of carbonyl (C=O) groups excluding carboxylic acids is 1. The molecule has 1 atom stereocenters. The van der Waals surface area contributed by atoms with Gasteiger partial charge in [-0.25, -0.2) is 0 Å². The van der Waals surface area contributed by atoms with Crippen LogP contribution in [0.5, 0.6) is 5.88 Å². The van der Waals surface area contributed by atoms with Crippen LogP contribution in [0.25, 0.3) is 5.65 Å². The number of aromatic nitrogens is 2. The molecule has 1 unspecified atom stereocenters. The number of rotatable bonds is 6. The summed E-state index contributed by atoms with van der Waals surface area (Å²) < 4.78 is 7.33. The molecule has 0 saturated carbocycles. The molecule has 7 nitrogen and oxygen atoms in total. The van der Waals surface area contributed by atoms with Crippen molar-refractivity contribution in [1.29, 1.82) is 0 Å². The molecule has 1 aliphatic rings. The van der Waals surface area contributed by atoms with Crippen LogP contribution in [0.2, 0.25) is 0 Å². The van der Waals surface area contributed by atoms with Crippen LogP contribution in [-0.4, -0.2) is 51.5 Å². The van der Waals surface area contributed by atoms with Crippen LogP contribution in [0.4, 0.5) is 0 Å². The number of fused-ring (bicyclic) bond motifs is 1. The number of nitrogens with one attached hydrogen (secondary N) is 1. The molecule has 1 aliphatic heterocycles. The van der Waals surface area contributed by atoms with E-state index in [9.17, 15) is 9.59 Å². The van der Waals surface area contributed by atoms with Crippen molar-refractivity contribution in [2.24, 2.45) is 0 Å². The highest BCUT2D eigenvalue weighted by Crippen LogP contribution is 2.21. The van der Waals surface area contributed by atoms with Gasteiger partial charge in [-0.05, 0) is 72.1 Å². The van der Waals surface area contributed by atoms with Crippen LogP contribution in [0, 0.1) is 6.92 Å². The second-order valence-corrected chi connectivity index (χ2v) is 9.19. The van der Waals surface area contributed by atoms with Crippen LogP contribution >= 0.6 is 0 Å². The third-order valence-corrected chi connectivity index (χ3v) is 5.49. The zero-order valence-electron chi connectivity index (χ0n) is 18.8. The third-order valence-electron chi connectivity index (χ3n) is 5.49. The number of pyridine rings is 1. The fourth-order valence-electron chi connectivity index (χ4n) is 3.90. The molecule has 1 amide bonds. The molecule has 2 aromatic heterocycles. The van der Waals surface area contributed by atoms with Crippen molar-refractivity contribution in [3.8, 4) is 5.88 Å². The Kier molecular flexibility index (Phi) is 6.81. The molecule has 3 rings (SSSR count). The minimum atomic E-state index is -0.583. The summed E-state index contributed by atoms with van der Waals surface area (Å²) in [5, 5.41) is 2.90. The summed E-state index contributed by atoms with van der Waals surface area (Å²) in [6.45, 7) is 12.3. The highest BCUT2D eigenvalue weighted by atomic mass is 16.5. The van der Waals surface area contributed by atoms with E-state index in [0.29, 0.717) is 18.2 Å². The minimum Gasteiger partial charge on any atom is -0.471 e. The van der Waals surface area contributed by atoms with Crippen LogP contribution < -0.4 is 15.6 Å². The van der Waals surface area contributed by atoms with Crippen molar-refractivity contribution < 1.29 is 9.53 Å². The van der Waals surface area contributed by atoms with E-state index in [-0.39, 0.29) is 11.4 Å². The second kappa shape index (κ2) is 9.16. The summed E-state index contributed by atoms with van der Waals surface area (Å²) in [6, 6.07) is 4.25. The van der Waals surface area contributed by atoms with E-state index in [4.69, 9.17) is 4.74 Å². The molecule has 0 aliphatic carbocycles. The van der Waals surface area contributed by atoms with E-state index >= 15 is 0 Å². The number of likely N-dealkylation sites (tertiary alicyclic amines) is 1. The largest absolute Gasteiger partial charge is 0.471 e. The molecule has 0 spiro atoms.